The van der Waals surface area contributed by atoms with Crippen molar-refractivity contribution in [2.45, 2.75) is 12.8 Å². The summed E-state index contributed by atoms with van der Waals surface area (Å²) in [7, 11) is 0. The molecule has 1 aromatic rings. The van der Waals surface area contributed by atoms with Crippen LogP contribution in [0.5, 0.6) is 0 Å². The Hall–Kier alpha value is -2.90. The number of guanidine groups is 1. The zero-order chi connectivity index (χ0) is 22.8. The fourth-order valence-corrected chi connectivity index (χ4v) is 3.09. The van der Waals surface area contributed by atoms with E-state index in [9.17, 15) is 9.59 Å². The number of hydrogen-bond acceptors (Lipinski definition) is 9. The highest BCUT2D eigenvalue weighted by atomic mass is 35.5. The Balaban J connectivity index is 1.60. The molecule has 0 saturated carbocycles. The van der Waals surface area contributed by atoms with Crippen LogP contribution < -0.4 is 33.2 Å². The average Bonchev–Trinajstić information content (AvgIpc) is 2.74. The van der Waals surface area contributed by atoms with Crippen LogP contribution >= 0.6 is 11.6 Å². The molecule has 31 heavy (non-hydrogen) atoms. The highest BCUT2D eigenvalue weighted by Gasteiger charge is 2.20. The predicted molar refractivity (Wildman–Crippen MR) is 119 cm³/mol. The summed E-state index contributed by atoms with van der Waals surface area (Å²) in [6, 6.07) is -0.0659. The lowest BCUT2D eigenvalue weighted by Gasteiger charge is -2.34. The average molecular weight is 456 g/mol. The predicted octanol–water partition coefficient (Wildman–Crippen LogP) is -1.39. The van der Waals surface area contributed by atoms with Gasteiger partial charge in [-0.1, -0.05) is 11.6 Å². The molecule has 0 aliphatic carbocycles. The molecule has 0 bridgehead atoms. The van der Waals surface area contributed by atoms with Gasteiger partial charge in [-0.2, -0.15) is 0 Å². The SMILES string of the molecule is N=C(NCCCCN1CCN(C(=O)NCCN)CC1)NC(=O)c1nc(Cl)c(N)nc1N. The number of rotatable bonds is 8. The molecular weight excluding hydrogens is 426 g/mol. The van der Waals surface area contributed by atoms with E-state index in [1.54, 1.807) is 4.90 Å². The first kappa shape index (κ1) is 24.4. The fraction of sp³-hybridized carbons (Fsp3) is 0.588. The number of carbonyl (C=O) groups is 2. The molecule has 2 heterocycles. The lowest BCUT2D eigenvalue weighted by atomic mass is 10.2. The third kappa shape index (κ3) is 7.70. The molecule has 14 heteroatoms. The second-order valence-corrected chi connectivity index (χ2v) is 7.30. The van der Waals surface area contributed by atoms with Crippen molar-refractivity contribution in [3.05, 3.63) is 10.8 Å². The van der Waals surface area contributed by atoms with Crippen LogP contribution in [0.25, 0.3) is 0 Å². The number of aromatic nitrogens is 2. The van der Waals surface area contributed by atoms with Gasteiger partial charge in [0.2, 0.25) is 0 Å². The van der Waals surface area contributed by atoms with Crippen LogP contribution in [0.3, 0.4) is 0 Å². The van der Waals surface area contributed by atoms with Crippen molar-refractivity contribution in [2.24, 2.45) is 5.73 Å². The van der Waals surface area contributed by atoms with E-state index in [2.05, 4.69) is 30.8 Å². The molecule has 0 atom stereocenters. The number of nitrogens with two attached hydrogens (primary N) is 3. The molecule has 0 unspecified atom stereocenters. The van der Waals surface area contributed by atoms with Gasteiger partial charge in [-0.15, -0.1) is 0 Å². The van der Waals surface area contributed by atoms with Gasteiger partial charge in [0.1, 0.15) is 0 Å². The molecule has 1 fully saturated rings. The van der Waals surface area contributed by atoms with Gasteiger partial charge in [0.25, 0.3) is 5.91 Å². The quantitative estimate of drug-likeness (QED) is 0.140. The maximum absolute atomic E-state index is 12.1. The first-order valence-corrected chi connectivity index (χ1v) is 10.4. The van der Waals surface area contributed by atoms with Gasteiger partial charge in [0.05, 0.1) is 0 Å². The van der Waals surface area contributed by atoms with Crippen LogP contribution in [-0.4, -0.2) is 90.0 Å². The van der Waals surface area contributed by atoms with Crippen molar-refractivity contribution in [3.63, 3.8) is 0 Å². The number of piperazine rings is 1. The Bertz CT molecular complexity index is 784. The minimum absolute atomic E-state index is 0.0659. The van der Waals surface area contributed by atoms with E-state index in [1.807, 2.05) is 0 Å². The van der Waals surface area contributed by atoms with Gasteiger partial charge in [-0.05, 0) is 19.4 Å². The molecule has 10 N–H and O–H groups in total. The number of amides is 3. The first-order valence-electron chi connectivity index (χ1n) is 9.99. The zero-order valence-corrected chi connectivity index (χ0v) is 18.0. The highest BCUT2D eigenvalue weighted by molar-refractivity contribution is 6.31. The molecule has 1 saturated heterocycles. The molecular formula is C17H30ClN11O2. The number of nitrogen functional groups attached to an aromatic ring is 2. The minimum Gasteiger partial charge on any atom is -0.382 e. The van der Waals surface area contributed by atoms with Crippen LogP contribution in [-0.2, 0) is 0 Å². The summed E-state index contributed by atoms with van der Waals surface area (Å²) in [5, 5.41) is 15.6. The topological polar surface area (TPSA) is 204 Å². The second-order valence-electron chi connectivity index (χ2n) is 6.95. The Morgan fingerprint density at radius 2 is 1.74 bits per heavy atom. The largest absolute Gasteiger partial charge is 0.382 e. The lowest BCUT2D eigenvalue weighted by Crippen LogP contribution is -2.52. The molecule has 1 aromatic heterocycles. The number of unbranched alkanes of at least 4 members (excludes halogenated alkanes) is 1. The van der Waals surface area contributed by atoms with Gasteiger partial charge in [-0.3, -0.25) is 20.4 Å². The van der Waals surface area contributed by atoms with Crippen LogP contribution in [0.2, 0.25) is 5.15 Å². The van der Waals surface area contributed by atoms with Crippen molar-refractivity contribution >= 4 is 41.1 Å². The van der Waals surface area contributed by atoms with E-state index in [4.69, 9.17) is 34.2 Å². The molecule has 172 valence electrons. The first-order chi connectivity index (χ1) is 14.8. The van der Waals surface area contributed by atoms with Crippen LogP contribution in [0, 0.1) is 5.41 Å². The number of nitrogens with one attached hydrogen (secondary N) is 4. The molecule has 1 aliphatic rings. The Morgan fingerprint density at radius 1 is 1.03 bits per heavy atom. The minimum atomic E-state index is -0.697. The second kappa shape index (κ2) is 12.1. The van der Waals surface area contributed by atoms with Crippen molar-refractivity contribution in [3.8, 4) is 0 Å². The monoisotopic (exact) mass is 455 g/mol. The Labute approximate surface area is 185 Å². The van der Waals surface area contributed by atoms with Crippen molar-refractivity contribution < 1.29 is 9.59 Å². The zero-order valence-electron chi connectivity index (χ0n) is 17.3. The van der Waals surface area contributed by atoms with Crippen molar-refractivity contribution in [1.29, 1.82) is 5.41 Å². The van der Waals surface area contributed by atoms with Gasteiger partial charge in [-0.25, -0.2) is 14.8 Å². The van der Waals surface area contributed by atoms with Gasteiger partial charge in [0, 0.05) is 45.8 Å². The summed E-state index contributed by atoms with van der Waals surface area (Å²) < 4.78 is 0. The van der Waals surface area contributed by atoms with E-state index < -0.39 is 5.91 Å². The van der Waals surface area contributed by atoms with E-state index in [1.165, 1.54) is 0 Å². The highest BCUT2D eigenvalue weighted by Crippen LogP contribution is 2.17. The van der Waals surface area contributed by atoms with Crippen LogP contribution in [0.1, 0.15) is 23.3 Å². The molecule has 0 aromatic carbocycles. The molecule has 0 radical (unpaired) electrons. The summed E-state index contributed by atoms with van der Waals surface area (Å²) >= 11 is 5.76. The standard InChI is InChI=1S/C17H30ClN11O2/c18-12-14(21)26-13(20)11(25-12)15(30)27-16(22)23-4-1-2-6-28-7-9-29(10-8-28)17(31)24-5-3-19/h1-10,19H2,(H,24,31)(H4,20,21,26)(H3,22,23,27,30). The molecule has 2 rings (SSSR count). The molecule has 13 nitrogen and oxygen atoms in total. The molecule has 1 aliphatic heterocycles. The third-order valence-corrected chi connectivity index (χ3v) is 4.92. The van der Waals surface area contributed by atoms with E-state index in [0.717, 1.165) is 32.5 Å². The maximum atomic E-state index is 12.1. The Kier molecular flexibility index (Phi) is 9.49. The number of hydrogen-bond donors (Lipinski definition) is 7. The maximum Gasteiger partial charge on any atom is 0.317 e. The van der Waals surface area contributed by atoms with Crippen LogP contribution in [0.15, 0.2) is 0 Å². The number of halogens is 1. The van der Waals surface area contributed by atoms with Crippen LogP contribution in [0.4, 0.5) is 16.4 Å². The number of carbonyl (C=O) groups excluding carboxylic acids is 2. The number of anilines is 2. The lowest BCUT2D eigenvalue weighted by molar-refractivity contribution is 0.0971. The van der Waals surface area contributed by atoms with E-state index in [0.29, 0.717) is 32.7 Å². The summed E-state index contributed by atoms with van der Waals surface area (Å²) in [6.45, 7) is 5.34. The summed E-state index contributed by atoms with van der Waals surface area (Å²) in [4.78, 5) is 35.7. The number of urea groups is 1. The normalized spacial score (nSPS) is 14.2. The number of nitrogens with zero attached hydrogens (tertiary/aromatic N) is 4. The summed E-state index contributed by atoms with van der Waals surface area (Å²) in [5.41, 5.74) is 16.3. The van der Waals surface area contributed by atoms with Crippen molar-refractivity contribution in [2.75, 3.05) is 63.8 Å². The Morgan fingerprint density at radius 3 is 2.42 bits per heavy atom. The van der Waals surface area contributed by atoms with Crippen molar-refractivity contribution in [1.82, 2.24) is 35.7 Å². The molecule has 0 spiro atoms. The third-order valence-electron chi connectivity index (χ3n) is 4.64. The molecule has 3 amide bonds. The summed E-state index contributed by atoms with van der Waals surface area (Å²) in [6.07, 6.45) is 1.73. The van der Waals surface area contributed by atoms with Gasteiger partial charge in [0.15, 0.2) is 28.4 Å². The van der Waals surface area contributed by atoms with E-state index >= 15 is 0 Å². The summed E-state index contributed by atoms with van der Waals surface area (Å²) in [5.74, 6) is -1.10. The fourth-order valence-electron chi connectivity index (χ4n) is 2.96. The smallest absolute Gasteiger partial charge is 0.317 e. The van der Waals surface area contributed by atoms with E-state index in [-0.39, 0.29) is 34.5 Å². The van der Waals surface area contributed by atoms with Gasteiger partial charge < -0.3 is 32.7 Å². The van der Waals surface area contributed by atoms with Gasteiger partial charge >= 0.3 is 6.03 Å².